The number of carbonyl (C=O) groups is 1. The zero-order valence-corrected chi connectivity index (χ0v) is 10.4. The van der Waals surface area contributed by atoms with E-state index in [1.165, 1.54) is 0 Å². The molecule has 1 aromatic heterocycles. The van der Waals surface area contributed by atoms with Crippen molar-refractivity contribution in [1.82, 2.24) is 14.8 Å². The summed E-state index contributed by atoms with van der Waals surface area (Å²) < 4.78 is 1.91. The summed E-state index contributed by atoms with van der Waals surface area (Å²) in [6.07, 6.45) is 0. The third-order valence-electron chi connectivity index (χ3n) is 2.21. The van der Waals surface area contributed by atoms with Crippen LogP contribution >= 0.6 is 15.9 Å². The van der Waals surface area contributed by atoms with Gasteiger partial charge in [0, 0.05) is 4.47 Å². The number of benzene rings is 1. The van der Waals surface area contributed by atoms with Crippen molar-refractivity contribution in [2.45, 2.75) is 6.92 Å². The van der Waals surface area contributed by atoms with Crippen molar-refractivity contribution in [1.29, 1.82) is 0 Å². The molecular weight excluding hydrogens is 290 g/mol. The predicted octanol–water partition coefficient (Wildman–Crippen LogP) is 1.33. The number of nitrogens with one attached hydrogen (secondary N) is 1. The molecule has 2 rings (SSSR count). The van der Waals surface area contributed by atoms with E-state index in [4.69, 9.17) is 5.11 Å². The molecule has 0 aliphatic carbocycles. The first-order chi connectivity index (χ1) is 7.99. The van der Waals surface area contributed by atoms with E-state index in [-0.39, 0.29) is 5.82 Å². The van der Waals surface area contributed by atoms with Crippen LogP contribution in [-0.2, 0) is 0 Å². The van der Waals surface area contributed by atoms with E-state index in [1.54, 1.807) is 12.1 Å². The van der Waals surface area contributed by atoms with Crippen molar-refractivity contribution in [2.75, 3.05) is 0 Å². The fourth-order valence-corrected chi connectivity index (χ4v) is 1.92. The Hall–Kier alpha value is -1.89. The molecule has 0 saturated heterocycles. The lowest BCUT2D eigenvalue weighted by molar-refractivity contribution is 0.0683. The van der Waals surface area contributed by atoms with Crippen molar-refractivity contribution >= 4 is 21.9 Å². The summed E-state index contributed by atoms with van der Waals surface area (Å²) >= 11 is 3.31. The van der Waals surface area contributed by atoms with E-state index in [2.05, 4.69) is 26.0 Å². The van der Waals surface area contributed by atoms with Crippen molar-refractivity contribution in [3.8, 4) is 5.69 Å². The second-order valence-electron chi connectivity index (χ2n) is 3.43. The molecule has 0 amide bonds. The second kappa shape index (κ2) is 4.17. The van der Waals surface area contributed by atoms with Gasteiger partial charge in [0.05, 0.1) is 5.69 Å². The molecule has 0 saturated carbocycles. The standard InChI is InChI=1S/C10H8BrN3O3/c1-5-4-6(11)2-3-7(5)14-10(17)12-8(13-14)9(15)16/h2-4H,1H3,(H,15,16)(H,12,13,17). The molecule has 0 bridgehead atoms. The minimum Gasteiger partial charge on any atom is -0.475 e. The molecular formula is C10H8BrN3O3. The highest BCUT2D eigenvalue weighted by Crippen LogP contribution is 2.17. The lowest BCUT2D eigenvalue weighted by atomic mass is 10.2. The highest BCUT2D eigenvalue weighted by Gasteiger charge is 2.13. The van der Waals surface area contributed by atoms with Crippen LogP contribution in [0.4, 0.5) is 0 Å². The van der Waals surface area contributed by atoms with Gasteiger partial charge < -0.3 is 5.11 Å². The van der Waals surface area contributed by atoms with Crippen molar-refractivity contribution < 1.29 is 9.90 Å². The van der Waals surface area contributed by atoms with Crippen LogP contribution in [0.15, 0.2) is 27.5 Å². The first-order valence-corrected chi connectivity index (χ1v) is 5.47. The average molecular weight is 298 g/mol. The van der Waals surface area contributed by atoms with Gasteiger partial charge in [-0.25, -0.2) is 9.59 Å². The smallest absolute Gasteiger partial charge is 0.373 e. The highest BCUT2D eigenvalue weighted by molar-refractivity contribution is 9.10. The van der Waals surface area contributed by atoms with Crippen molar-refractivity contribution in [3.63, 3.8) is 0 Å². The zero-order valence-electron chi connectivity index (χ0n) is 8.77. The predicted molar refractivity (Wildman–Crippen MR) is 63.6 cm³/mol. The molecule has 0 spiro atoms. The van der Waals surface area contributed by atoms with Gasteiger partial charge in [-0.15, -0.1) is 5.10 Å². The molecule has 6 nitrogen and oxygen atoms in total. The number of aryl methyl sites for hydroxylation is 1. The summed E-state index contributed by atoms with van der Waals surface area (Å²) in [4.78, 5) is 24.4. The Morgan fingerprint density at radius 3 is 2.76 bits per heavy atom. The van der Waals surface area contributed by atoms with Gasteiger partial charge in [0.1, 0.15) is 0 Å². The number of H-pyrrole nitrogens is 1. The molecule has 0 unspecified atom stereocenters. The van der Waals surface area contributed by atoms with Crippen LogP contribution in [0.25, 0.3) is 5.69 Å². The number of hydrogen-bond acceptors (Lipinski definition) is 3. The molecule has 0 aliphatic rings. The summed E-state index contributed by atoms with van der Waals surface area (Å²) in [6.45, 7) is 1.81. The highest BCUT2D eigenvalue weighted by atomic mass is 79.9. The molecule has 2 aromatic rings. The molecule has 88 valence electrons. The molecule has 0 fully saturated rings. The van der Waals surface area contributed by atoms with Gasteiger partial charge in [-0.05, 0) is 30.7 Å². The van der Waals surface area contributed by atoms with Gasteiger partial charge in [0.2, 0.25) is 5.82 Å². The maximum atomic E-state index is 11.6. The number of aromatic amines is 1. The third-order valence-corrected chi connectivity index (χ3v) is 2.70. The minimum atomic E-state index is -1.27. The fourth-order valence-electron chi connectivity index (χ4n) is 1.44. The summed E-state index contributed by atoms with van der Waals surface area (Å²) in [5.41, 5.74) is 0.777. The van der Waals surface area contributed by atoms with E-state index in [9.17, 15) is 9.59 Å². The van der Waals surface area contributed by atoms with Crippen LogP contribution in [0.5, 0.6) is 0 Å². The lowest BCUT2D eigenvalue weighted by Crippen LogP contribution is -2.16. The first kappa shape index (κ1) is 11.6. The maximum Gasteiger partial charge on any atom is 0.373 e. The van der Waals surface area contributed by atoms with E-state index >= 15 is 0 Å². The van der Waals surface area contributed by atoms with Crippen LogP contribution < -0.4 is 5.69 Å². The fraction of sp³-hybridized carbons (Fsp3) is 0.100. The normalized spacial score (nSPS) is 10.5. The molecule has 7 heteroatoms. The van der Waals surface area contributed by atoms with E-state index in [0.29, 0.717) is 5.69 Å². The quantitative estimate of drug-likeness (QED) is 0.875. The molecule has 17 heavy (non-hydrogen) atoms. The molecule has 0 atom stereocenters. The van der Waals surface area contributed by atoms with Gasteiger partial charge in [-0.1, -0.05) is 15.9 Å². The molecule has 1 aromatic carbocycles. The summed E-state index contributed by atoms with van der Waals surface area (Å²) in [6, 6.07) is 5.26. The molecule has 2 N–H and O–H groups in total. The van der Waals surface area contributed by atoms with E-state index < -0.39 is 11.7 Å². The number of hydrogen-bond donors (Lipinski definition) is 2. The van der Waals surface area contributed by atoms with Gasteiger partial charge in [-0.2, -0.15) is 4.68 Å². The van der Waals surface area contributed by atoms with Crippen molar-refractivity contribution in [3.05, 3.63) is 44.5 Å². The number of carboxylic acid groups (broad SMARTS) is 1. The van der Waals surface area contributed by atoms with Gasteiger partial charge >= 0.3 is 11.7 Å². The number of rotatable bonds is 2. The minimum absolute atomic E-state index is 0.377. The zero-order chi connectivity index (χ0) is 12.6. The molecule has 1 heterocycles. The van der Waals surface area contributed by atoms with Crippen LogP contribution in [0, 0.1) is 6.92 Å². The number of halogens is 1. The number of carboxylic acids is 1. The summed E-state index contributed by atoms with van der Waals surface area (Å²) in [5, 5.41) is 12.4. The Morgan fingerprint density at radius 1 is 1.53 bits per heavy atom. The largest absolute Gasteiger partial charge is 0.475 e. The Labute approximate surface area is 104 Å². The van der Waals surface area contributed by atoms with Crippen LogP contribution in [0.3, 0.4) is 0 Å². The Balaban J connectivity index is 2.60. The average Bonchev–Trinajstić information content (AvgIpc) is 2.61. The Kier molecular flexibility index (Phi) is 2.84. The Bertz CT molecular complexity index is 644. The molecule has 0 radical (unpaired) electrons. The van der Waals surface area contributed by atoms with E-state index in [0.717, 1.165) is 14.7 Å². The molecule has 0 aliphatic heterocycles. The van der Waals surface area contributed by atoms with Crippen LogP contribution in [0.1, 0.15) is 16.2 Å². The van der Waals surface area contributed by atoms with Crippen LogP contribution in [-0.4, -0.2) is 25.8 Å². The summed E-state index contributed by atoms with van der Waals surface area (Å²) in [7, 11) is 0. The Morgan fingerprint density at radius 2 is 2.24 bits per heavy atom. The maximum absolute atomic E-state index is 11.6. The van der Waals surface area contributed by atoms with E-state index in [1.807, 2.05) is 13.0 Å². The number of aromatic carboxylic acids is 1. The van der Waals surface area contributed by atoms with Gasteiger partial charge in [0.15, 0.2) is 0 Å². The SMILES string of the molecule is Cc1cc(Br)ccc1-n1nc(C(=O)O)[nH]c1=O. The third kappa shape index (κ3) is 2.14. The van der Waals surface area contributed by atoms with Gasteiger partial charge in [0.25, 0.3) is 0 Å². The number of nitrogens with zero attached hydrogens (tertiary/aromatic N) is 2. The van der Waals surface area contributed by atoms with Crippen molar-refractivity contribution in [2.24, 2.45) is 0 Å². The monoisotopic (exact) mass is 297 g/mol. The first-order valence-electron chi connectivity index (χ1n) is 4.68. The van der Waals surface area contributed by atoms with Gasteiger partial charge in [-0.3, -0.25) is 4.98 Å². The van der Waals surface area contributed by atoms with Crippen LogP contribution in [0.2, 0.25) is 0 Å². The summed E-state index contributed by atoms with van der Waals surface area (Å²) in [5.74, 6) is -1.65. The second-order valence-corrected chi connectivity index (χ2v) is 4.34. The topological polar surface area (TPSA) is 88.0 Å². The lowest BCUT2D eigenvalue weighted by Gasteiger charge is -2.03. The number of aromatic nitrogens is 3.